The number of alkyl halides is 3. The zero-order valence-electron chi connectivity index (χ0n) is 18.3. The van der Waals surface area contributed by atoms with Gasteiger partial charge in [-0.15, -0.1) is 0 Å². The van der Waals surface area contributed by atoms with Gasteiger partial charge in [0.25, 0.3) is 0 Å². The van der Waals surface area contributed by atoms with Crippen LogP contribution in [-0.4, -0.2) is 27.9 Å². The van der Waals surface area contributed by atoms with Gasteiger partial charge >= 0.3 is 6.18 Å². The van der Waals surface area contributed by atoms with Gasteiger partial charge in [0, 0.05) is 22.8 Å². The highest BCUT2D eigenvalue weighted by Crippen LogP contribution is 2.41. The molecule has 1 atom stereocenters. The Morgan fingerprint density at radius 2 is 1.64 bits per heavy atom. The van der Waals surface area contributed by atoms with E-state index in [1.165, 1.54) is 24.4 Å². The number of pyridine rings is 2. The number of halogens is 7. The van der Waals surface area contributed by atoms with Gasteiger partial charge < -0.3 is 15.2 Å². The fourth-order valence-corrected chi connectivity index (χ4v) is 3.62. The predicted octanol–water partition coefficient (Wildman–Crippen LogP) is 6.34. The van der Waals surface area contributed by atoms with Gasteiger partial charge in [0.05, 0.1) is 11.6 Å². The standard InChI is InChI=1S/C24H16F7N3O2/c1-11-4-2-6-14(33-11)34-21(13-8-7-12-5-3-9-32-20(12)22(13)35)15-16(25)18(27)23(19(28)17(15)26)36-10-24(29,30)31/h2-9,21,35H,10H2,1H3,(H,33,34). The van der Waals surface area contributed by atoms with Crippen molar-refractivity contribution in [2.24, 2.45) is 0 Å². The first-order chi connectivity index (χ1) is 17.0. The molecule has 1 unspecified atom stereocenters. The van der Waals surface area contributed by atoms with Crippen LogP contribution in [0.25, 0.3) is 10.9 Å². The number of ether oxygens (including phenoxy) is 1. The molecular formula is C24H16F7N3O2. The summed E-state index contributed by atoms with van der Waals surface area (Å²) in [5.41, 5.74) is -0.966. The molecular weight excluding hydrogens is 495 g/mol. The van der Waals surface area contributed by atoms with Crippen LogP contribution in [0.1, 0.15) is 22.9 Å². The summed E-state index contributed by atoms with van der Waals surface area (Å²) in [6.45, 7) is -0.560. The molecule has 0 saturated carbocycles. The topological polar surface area (TPSA) is 67.3 Å². The Morgan fingerprint density at radius 3 is 2.28 bits per heavy atom. The number of hydrogen-bond donors (Lipinski definition) is 2. The number of anilines is 1. The number of phenols is 1. The molecule has 2 N–H and O–H groups in total. The van der Waals surface area contributed by atoms with E-state index in [9.17, 15) is 27.1 Å². The minimum Gasteiger partial charge on any atom is -0.505 e. The van der Waals surface area contributed by atoms with E-state index >= 15 is 8.78 Å². The molecule has 0 radical (unpaired) electrons. The Labute approximate surface area is 199 Å². The molecule has 0 aliphatic heterocycles. The Balaban J connectivity index is 1.92. The predicted molar refractivity (Wildman–Crippen MR) is 116 cm³/mol. The van der Waals surface area contributed by atoms with Crippen molar-refractivity contribution < 1.29 is 40.6 Å². The van der Waals surface area contributed by atoms with E-state index in [1.807, 2.05) is 0 Å². The Morgan fingerprint density at radius 1 is 0.944 bits per heavy atom. The number of nitrogens with zero attached hydrogens (tertiary/aromatic N) is 2. The van der Waals surface area contributed by atoms with E-state index in [1.54, 1.807) is 31.2 Å². The zero-order chi connectivity index (χ0) is 26.2. The number of aromatic nitrogens is 2. The Bertz CT molecular complexity index is 1410. The van der Waals surface area contributed by atoms with Gasteiger partial charge in [-0.1, -0.05) is 24.3 Å². The lowest BCUT2D eigenvalue weighted by Crippen LogP contribution is -2.23. The number of hydrogen-bond acceptors (Lipinski definition) is 5. The lowest BCUT2D eigenvalue weighted by molar-refractivity contribution is -0.154. The van der Waals surface area contributed by atoms with Gasteiger partial charge in [-0.25, -0.2) is 13.8 Å². The number of aromatic hydroxyl groups is 1. The molecule has 0 fully saturated rings. The van der Waals surface area contributed by atoms with Crippen molar-refractivity contribution in [2.45, 2.75) is 19.1 Å². The summed E-state index contributed by atoms with van der Waals surface area (Å²) < 4.78 is 101. The third-order valence-electron chi connectivity index (χ3n) is 5.20. The average Bonchev–Trinajstić information content (AvgIpc) is 2.82. The molecule has 2 aromatic carbocycles. The van der Waals surface area contributed by atoms with Crippen LogP contribution in [0.2, 0.25) is 0 Å². The second-order valence-electron chi connectivity index (χ2n) is 7.72. The van der Waals surface area contributed by atoms with E-state index in [0.29, 0.717) is 11.1 Å². The number of benzene rings is 2. The van der Waals surface area contributed by atoms with Crippen molar-refractivity contribution in [2.75, 3.05) is 11.9 Å². The monoisotopic (exact) mass is 511 g/mol. The molecule has 0 bridgehead atoms. The third kappa shape index (κ3) is 4.83. The summed E-state index contributed by atoms with van der Waals surface area (Å²) >= 11 is 0. The minimum absolute atomic E-state index is 0.0255. The maximum Gasteiger partial charge on any atom is 0.422 e. The van der Waals surface area contributed by atoms with Gasteiger partial charge in [-0.2, -0.15) is 22.0 Å². The van der Waals surface area contributed by atoms with Gasteiger partial charge in [-0.05, 0) is 25.1 Å². The lowest BCUT2D eigenvalue weighted by Gasteiger charge is -2.24. The second-order valence-corrected chi connectivity index (χ2v) is 7.72. The minimum atomic E-state index is -5.02. The van der Waals surface area contributed by atoms with Crippen LogP contribution in [0.15, 0.2) is 48.7 Å². The summed E-state index contributed by atoms with van der Waals surface area (Å²) in [6, 6.07) is 8.68. The SMILES string of the molecule is Cc1cccc(NC(c2ccc3cccnc3c2O)c2c(F)c(F)c(OCC(F)(F)F)c(F)c2F)n1. The van der Waals surface area contributed by atoms with Crippen LogP contribution >= 0.6 is 0 Å². The number of fused-ring (bicyclic) bond motifs is 1. The molecule has 12 heteroatoms. The first-order valence-electron chi connectivity index (χ1n) is 10.3. The summed E-state index contributed by atoms with van der Waals surface area (Å²) in [5.74, 6) is -10.8. The Kier molecular flexibility index (Phi) is 6.61. The lowest BCUT2D eigenvalue weighted by atomic mass is 9.94. The maximum atomic E-state index is 15.2. The highest BCUT2D eigenvalue weighted by Gasteiger charge is 2.36. The van der Waals surface area contributed by atoms with E-state index in [2.05, 4.69) is 20.0 Å². The first kappa shape index (κ1) is 25.0. The molecule has 36 heavy (non-hydrogen) atoms. The molecule has 0 aliphatic rings. The van der Waals surface area contributed by atoms with E-state index in [-0.39, 0.29) is 16.9 Å². The molecule has 4 rings (SSSR count). The highest BCUT2D eigenvalue weighted by molar-refractivity contribution is 5.86. The van der Waals surface area contributed by atoms with Crippen LogP contribution in [0.4, 0.5) is 36.6 Å². The van der Waals surface area contributed by atoms with E-state index in [0.717, 1.165) is 0 Å². The van der Waals surface area contributed by atoms with E-state index < -0.39 is 59.2 Å². The summed E-state index contributed by atoms with van der Waals surface area (Å²) in [5, 5.41) is 14.0. The van der Waals surface area contributed by atoms with Crippen molar-refractivity contribution in [1.29, 1.82) is 0 Å². The van der Waals surface area contributed by atoms with Gasteiger partial charge in [0.1, 0.15) is 17.1 Å². The second kappa shape index (κ2) is 9.51. The smallest absolute Gasteiger partial charge is 0.422 e. The molecule has 188 valence electrons. The van der Waals surface area contributed by atoms with Crippen molar-refractivity contribution in [3.8, 4) is 11.5 Å². The van der Waals surface area contributed by atoms with E-state index in [4.69, 9.17) is 0 Å². The largest absolute Gasteiger partial charge is 0.505 e. The highest BCUT2D eigenvalue weighted by atomic mass is 19.4. The molecule has 2 aromatic heterocycles. The maximum absolute atomic E-state index is 15.2. The first-order valence-corrected chi connectivity index (χ1v) is 10.3. The number of phenolic OH excluding ortho intramolecular Hbond substituents is 1. The van der Waals surface area contributed by atoms with Crippen LogP contribution in [0.5, 0.6) is 11.5 Å². The molecule has 0 amide bonds. The summed E-state index contributed by atoms with van der Waals surface area (Å²) in [7, 11) is 0. The van der Waals surface area contributed by atoms with Crippen LogP contribution in [-0.2, 0) is 0 Å². The molecule has 5 nitrogen and oxygen atoms in total. The fraction of sp³-hybridized carbons (Fsp3) is 0.167. The number of aryl methyl sites for hydroxylation is 1. The van der Waals surface area contributed by atoms with Crippen molar-refractivity contribution in [1.82, 2.24) is 9.97 Å². The number of rotatable bonds is 6. The molecule has 0 aliphatic carbocycles. The van der Waals surface area contributed by atoms with Crippen LogP contribution < -0.4 is 10.1 Å². The summed E-state index contributed by atoms with van der Waals surface area (Å²) in [6.07, 6.45) is -3.67. The third-order valence-corrected chi connectivity index (χ3v) is 5.20. The van der Waals surface area contributed by atoms with Gasteiger partial charge in [0.15, 0.2) is 24.0 Å². The molecule has 4 aromatic rings. The zero-order valence-corrected chi connectivity index (χ0v) is 18.3. The molecule has 2 heterocycles. The normalized spacial score (nSPS) is 12.6. The molecule has 0 spiro atoms. The average molecular weight is 511 g/mol. The number of nitrogens with one attached hydrogen (secondary N) is 1. The van der Waals surface area contributed by atoms with Crippen LogP contribution in [0.3, 0.4) is 0 Å². The van der Waals surface area contributed by atoms with Gasteiger partial charge in [-0.3, -0.25) is 4.98 Å². The summed E-state index contributed by atoms with van der Waals surface area (Å²) in [4.78, 5) is 8.17. The van der Waals surface area contributed by atoms with Gasteiger partial charge in [0.2, 0.25) is 11.6 Å². The fourth-order valence-electron chi connectivity index (χ4n) is 3.62. The van der Waals surface area contributed by atoms with Crippen molar-refractivity contribution in [3.05, 3.63) is 88.8 Å². The quantitative estimate of drug-likeness (QED) is 0.234. The van der Waals surface area contributed by atoms with Crippen molar-refractivity contribution in [3.63, 3.8) is 0 Å². The van der Waals surface area contributed by atoms with Crippen LogP contribution in [0, 0.1) is 30.2 Å². The molecule has 0 saturated heterocycles. The van der Waals surface area contributed by atoms with Crippen molar-refractivity contribution >= 4 is 16.7 Å². The Hall–Kier alpha value is -4.09.